The van der Waals surface area contributed by atoms with Crippen LogP contribution in [0.3, 0.4) is 0 Å². The van der Waals surface area contributed by atoms with Gasteiger partial charge in [0.15, 0.2) is 0 Å². The number of carbonyl (C=O) groups is 2. The molecule has 1 N–H and O–H groups in total. The predicted octanol–water partition coefficient (Wildman–Crippen LogP) is 4.58. The highest BCUT2D eigenvalue weighted by Crippen LogP contribution is 2.37. The second kappa shape index (κ2) is 10.7. The molecule has 0 radical (unpaired) electrons. The van der Waals surface area contributed by atoms with Crippen molar-refractivity contribution in [3.8, 4) is 0 Å². The quantitative estimate of drug-likeness (QED) is 0.677. The van der Waals surface area contributed by atoms with E-state index < -0.39 is 0 Å². The van der Waals surface area contributed by atoms with Crippen molar-refractivity contribution in [2.75, 3.05) is 32.7 Å². The van der Waals surface area contributed by atoms with Gasteiger partial charge in [-0.3, -0.25) is 9.69 Å². The minimum absolute atomic E-state index is 0.0222. The molecule has 1 saturated carbocycles. The summed E-state index contributed by atoms with van der Waals surface area (Å²) >= 11 is 1.83. The van der Waals surface area contributed by atoms with Crippen LogP contribution in [0.25, 0.3) is 0 Å². The molecular formula is C28H38N4O2S. The topological polar surface area (TPSA) is 55.9 Å². The summed E-state index contributed by atoms with van der Waals surface area (Å²) in [5, 5.41) is 5.42. The lowest BCUT2D eigenvalue weighted by Crippen LogP contribution is -2.59. The molecule has 0 spiro atoms. The fourth-order valence-electron chi connectivity index (χ4n) is 5.94. The molecule has 1 aromatic heterocycles. The molecule has 35 heavy (non-hydrogen) atoms. The van der Waals surface area contributed by atoms with Crippen LogP contribution in [-0.2, 0) is 11.2 Å². The van der Waals surface area contributed by atoms with Gasteiger partial charge in [-0.15, -0.1) is 11.3 Å². The molecule has 3 aliphatic rings. The molecule has 2 fully saturated rings. The van der Waals surface area contributed by atoms with Crippen LogP contribution in [0.1, 0.15) is 66.6 Å². The molecule has 2 aromatic rings. The van der Waals surface area contributed by atoms with Crippen molar-refractivity contribution in [3.05, 3.63) is 57.3 Å². The summed E-state index contributed by atoms with van der Waals surface area (Å²) in [5.41, 5.74) is 3.84. The SMILES string of the molecule is Cc1ccc([C@H]2c3ccsc3CCN2CC(=O)N2CCN(C(=O)NC3CCCCC3)[C@H](C)C2)cc1. The zero-order valence-electron chi connectivity index (χ0n) is 21.0. The number of benzene rings is 1. The van der Waals surface area contributed by atoms with Crippen molar-refractivity contribution in [1.82, 2.24) is 20.0 Å². The van der Waals surface area contributed by atoms with Gasteiger partial charge in [-0.05, 0) is 55.7 Å². The highest BCUT2D eigenvalue weighted by molar-refractivity contribution is 7.10. The first-order valence-electron chi connectivity index (χ1n) is 13.2. The molecule has 5 rings (SSSR count). The average molecular weight is 495 g/mol. The molecule has 0 unspecified atom stereocenters. The number of hydrogen-bond acceptors (Lipinski definition) is 4. The van der Waals surface area contributed by atoms with Crippen LogP contribution in [0, 0.1) is 6.92 Å². The van der Waals surface area contributed by atoms with E-state index in [-0.39, 0.29) is 24.0 Å². The van der Waals surface area contributed by atoms with Crippen molar-refractivity contribution in [1.29, 1.82) is 0 Å². The van der Waals surface area contributed by atoms with Gasteiger partial charge in [-0.1, -0.05) is 49.1 Å². The van der Waals surface area contributed by atoms with Gasteiger partial charge >= 0.3 is 6.03 Å². The lowest BCUT2D eigenvalue weighted by atomic mass is 9.92. The normalized spacial score (nSPS) is 23.7. The largest absolute Gasteiger partial charge is 0.338 e. The number of piperazine rings is 1. The van der Waals surface area contributed by atoms with E-state index in [0.717, 1.165) is 25.8 Å². The molecule has 2 atom stereocenters. The second-order valence-electron chi connectivity index (χ2n) is 10.5. The molecule has 1 saturated heterocycles. The smallest absolute Gasteiger partial charge is 0.317 e. The Bertz CT molecular complexity index is 1030. The van der Waals surface area contributed by atoms with Crippen LogP contribution in [0.5, 0.6) is 0 Å². The van der Waals surface area contributed by atoms with Gasteiger partial charge in [0, 0.05) is 43.1 Å². The highest BCUT2D eigenvalue weighted by atomic mass is 32.1. The van der Waals surface area contributed by atoms with E-state index in [2.05, 4.69) is 59.8 Å². The monoisotopic (exact) mass is 494 g/mol. The molecule has 2 aliphatic heterocycles. The number of nitrogens with zero attached hydrogens (tertiary/aromatic N) is 3. The van der Waals surface area contributed by atoms with Gasteiger partial charge in [0.2, 0.25) is 5.91 Å². The van der Waals surface area contributed by atoms with Crippen LogP contribution >= 0.6 is 11.3 Å². The summed E-state index contributed by atoms with van der Waals surface area (Å²) in [5.74, 6) is 0.167. The van der Waals surface area contributed by atoms with E-state index in [4.69, 9.17) is 0 Å². The first-order chi connectivity index (χ1) is 17.0. The van der Waals surface area contributed by atoms with E-state index in [0.29, 0.717) is 32.2 Å². The minimum atomic E-state index is 0.0222. The molecule has 188 valence electrons. The molecule has 7 heteroatoms. The van der Waals surface area contributed by atoms with E-state index in [9.17, 15) is 9.59 Å². The third kappa shape index (κ3) is 5.41. The summed E-state index contributed by atoms with van der Waals surface area (Å²) < 4.78 is 0. The summed E-state index contributed by atoms with van der Waals surface area (Å²) in [4.78, 5) is 34.0. The van der Waals surface area contributed by atoms with E-state index in [1.807, 2.05) is 21.1 Å². The average Bonchev–Trinajstić information content (AvgIpc) is 3.34. The van der Waals surface area contributed by atoms with Crippen molar-refractivity contribution in [3.63, 3.8) is 0 Å². The zero-order chi connectivity index (χ0) is 24.4. The Kier molecular flexibility index (Phi) is 7.44. The first kappa shape index (κ1) is 24.3. The first-order valence-corrected chi connectivity index (χ1v) is 14.1. The third-order valence-corrected chi connectivity index (χ3v) is 8.97. The van der Waals surface area contributed by atoms with Gasteiger partial charge < -0.3 is 15.1 Å². The fraction of sp³-hybridized carbons (Fsp3) is 0.571. The van der Waals surface area contributed by atoms with Gasteiger partial charge in [-0.2, -0.15) is 0 Å². The van der Waals surface area contributed by atoms with Gasteiger partial charge in [0.25, 0.3) is 0 Å². The molecule has 6 nitrogen and oxygen atoms in total. The molecular weight excluding hydrogens is 456 g/mol. The zero-order valence-corrected chi connectivity index (χ0v) is 21.9. The van der Waals surface area contributed by atoms with Crippen molar-refractivity contribution in [2.45, 2.75) is 70.5 Å². The fourth-order valence-corrected chi connectivity index (χ4v) is 6.85. The van der Waals surface area contributed by atoms with Gasteiger partial charge in [0.05, 0.1) is 12.6 Å². The Labute approximate surface area is 213 Å². The number of nitrogens with one attached hydrogen (secondary N) is 1. The number of fused-ring (bicyclic) bond motifs is 1. The summed E-state index contributed by atoms with van der Waals surface area (Å²) in [6, 6.07) is 11.5. The number of rotatable bonds is 4. The van der Waals surface area contributed by atoms with Crippen LogP contribution in [0.2, 0.25) is 0 Å². The number of thiophene rings is 1. The number of aryl methyl sites for hydroxylation is 1. The molecule has 1 aliphatic carbocycles. The standard InChI is InChI=1S/C28H38N4O2S/c1-20-8-10-22(11-9-20)27-24-13-17-35-25(24)12-14-31(27)19-26(33)30-15-16-32(21(2)18-30)28(34)29-23-6-4-3-5-7-23/h8-11,13,17,21,23,27H,3-7,12,14-16,18-19H2,1-2H3,(H,29,34)/t21-,27+/m1/s1. The number of urea groups is 1. The Morgan fingerprint density at radius 2 is 1.80 bits per heavy atom. The molecule has 1 aromatic carbocycles. The van der Waals surface area contributed by atoms with Crippen molar-refractivity contribution >= 4 is 23.3 Å². The Hall–Kier alpha value is -2.38. The van der Waals surface area contributed by atoms with Crippen LogP contribution in [0.4, 0.5) is 4.79 Å². The predicted molar refractivity (Wildman–Crippen MR) is 141 cm³/mol. The maximum absolute atomic E-state index is 13.5. The minimum Gasteiger partial charge on any atom is -0.338 e. The van der Waals surface area contributed by atoms with Gasteiger partial charge in [0.1, 0.15) is 0 Å². The van der Waals surface area contributed by atoms with Gasteiger partial charge in [-0.25, -0.2) is 4.79 Å². The number of hydrogen-bond donors (Lipinski definition) is 1. The molecule has 3 heterocycles. The Morgan fingerprint density at radius 1 is 1.03 bits per heavy atom. The number of carbonyl (C=O) groups excluding carboxylic acids is 2. The summed E-state index contributed by atoms with van der Waals surface area (Å²) in [6.07, 6.45) is 6.85. The van der Waals surface area contributed by atoms with Crippen LogP contribution in [0.15, 0.2) is 35.7 Å². The second-order valence-corrected chi connectivity index (χ2v) is 11.5. The molecule has 0 bridgehead atoms. The lowest BCUT2D eigenvalue weighted by molar-refractivity contribution is -0.135. The van der Waals surface area contributed by atoms with Crippen molar-refractivity contribution in [2.24, 2.45) is 0 Å². The number of amides is 3. The van der Waals surface area contributed by atoms with Crippen molar-refractivity contribution < 1.29 is 9.59 Å². The lowest BCUT2D eigenvalue weighted by Gasteiger charge is -2.42. The third-order valence-electron chi connectivity index (χ3n) is 7.97. The summed E-state index contributed by atoms with van der Waals surface area (Å²) in [7, 11) is 0. The Balaban J connectivity index is 1.22. The summed E-state index contributed by atoms with van der Waals surface area (Å²) in [6.45, 7) is 7.27. The van der Waals surface area contributed by atoms with Crippen LogP contribution in [-0.4, -0.2) is 71.4 Å². The Morgan fingerprint density at radius 3 is 2.54 bits per heavy atom. The molecule has 3 amide bonds. The van der Waals surface area contributed by atoms with E-state index in [1.165, 1.54) is 40.8 Å². The maximum atomic E-state index is 13.5. The maximum Gasteiger partial charge on any atom is 0.317 e. The van der Waals surface area contributed by atoms with E-state index >= 15 is 0 Å². The van der Waals surface area contributed by atoms with Crippen LogP contribution < -0.4 is 5.32 Å². The highest BCUT2D eigenvalue weighted by Gasteiger charge is 2.35. The van der Waals surface area contributed by atoms with E-state index in [1.54, 1.807) is 0 Å².